The Morgan fingerprint density at radius 1 is 0.921 bits per heavy atom. The third kappa shape index (κ3) is 3.03. The summed E-state index contributed by atoms with van der Waals surface area (Å²) >= 11 is 0. The molecule has 0 amide bonds. The Labute approximate surface area is 219 Å². The summed E-state index contributed by atoms with van der Waals surface area (Å²) in [7, 11) is 0. The Bertz CT molecular complexity index is 1530. The van der Waals surface area contributed by atoms with Crippen LogP contribution in [-0.2, 0) is 4.79 Å². The Hall–Kier alpha value is -4.46. The van der Waals surface area contributed by atoms with Crippen LogP contribution in [0.1, 0.15) is 70.1 Å². The number of hydrogen-bond acceptors (Lipinski definition) is 7. The van der Waals surface area contributed by atoms with Crippen LogP contribution in [0.25, 0.3) is 0 Å². The lowest BCUT2D eigenvalue weighted by molar-refractivity contribution is -0.384. The lowest BCUT2D eigenvalue weighted by Gasteiger charge is -2.36. The second-order valence-corrected chi connectivity index (χ2v) is 11.1. The molecule has 8 nitrogen and oxygen atoms in total. The second-order valence-electron chi connectivity index (χ2n) is 11.1. The minimum absolute atomic E-state index is 0.118. The summed E-state index contributed by atoms with van der Waals surface area (Å²) in [5.41, 5.74) is 0.0515. The van der Waals surface area contributed by atoms with Crippen molar-refractivity contribution in [3.8, 4) is 0 Å². The van der Waals surface area contributed by atoms with Gasteiger partial charge >= 0.3 is 0 Å². The molecule has 1 unspecified atom stereocenters. The number of non-ortho nitro benzene ring substituents is 1. The van der Waals surface area contributed by atoms with Crippen molar-refractivity contribution in [2.24, 2.45) is 15.9 Å². The molecule has 3 aromatic carbocycles. The summed E-state index contributed by atoms with van der Waals surface area (Å²) < 4.78 is 0. The third-order valence-electron chi connectivity index (χ3n) is 8.05. The Morgan fingerprint density at radius 2 is 1.50 bits per heavy atom. The van der Waals surface area contributed by atoms with E-state index in [0.717, 1.165) is 11.1 Å². The van der Waals surface area contributed by atoms with Crippen molar-refractivity contribution in [2.75, 3.05) is 0 Å². The molecule has 1 spiro atoms. The molecule has 1 aliphatic carbocycles. The predicted octanol–water partition coefficient (Wildman–Crippen LogP) is 5.13. The number of Topliss-reactive ketones (excluding diaryl/α,β-unsaturated/α-hetero) is 3. The molecule has 190 valence electrons. The predicted molar refractivity (Wildman–Crippen MR) is 140 cm³/mol. The van der Waals surface area contributed by atoms with Gasteiger partial charge in [0.25, 0.3) is 5.69 Å². The van der Waals surface area contributed by atoms with Gasteiger partial charge in [0.15, 0.2) is 17.3 Å². The lowest BCUT2D eigenvalue weighted by atomic mass is 9.62. The van der Waals surface area contributed by atoms with Crippen LogP contribution in [0.15, 0.2) is 77.9 Å². The minimum Gasteiger partial charge on any atom is -0.297 e. The Morgan fingerprint density at radius 3 is 2.08 bits per heavy atom. The number of nitro benzene ring substituents is 1. The molecule has 0 bridgehead atoms. The van der Waals surface area contributed by atoms with Crippen molar-refractivity contribution in [1.82, 2.24) is 5.01 Å². The maximum Gasteiger partial charge on any atom is 0.269 e. The summed E-state index contributed by atoms with van der Waals surface area (Å²) in [6, 6.07) is 18.3. The molecule has 0 saturated carbocycles. The van der Waals surface area contributed by atoms with Crippen LogP contribution < -0.4 is 0 Å². The standard InChI is InChI=1S/C30H25N3O5/c1-29(2,3)28(36)24-23(17-12-14-19(15-13-17)33(37)38)30(26(34)21-10-6-7-11-22(21)27(30)35)25-20-9-5-4-8-18(20)16-31-32(24)25/h4-16,23-25H,1-3H3/t23-,24+,25?/m1/s1. The average Bonchev–Trinajstić information content (AvgIpc) is 3.34. The van der Waals surface area contributed by atoms with E-state index in [9.17, 15) is 24.5 Å². The van der Waals surface area contributed by atoms with E-state index < -0.39 is 33.8 Å². The molecule has 1 fully saturated rings. The largest absolute Gasteiger partial charge is 0.297 e. The van der Waals surface area contributed by atoms with Crippen LogP contribution in [0.5, 0.6) is 0 Å². The summed E-state index contributed by atoms with van der Waals surface area (Å²) in [5, 5.41) is 17.7. The highest BCUT2D eigenvalue weighted by Crippen LogP contribution is 2.65. The molecule has 3 aliphatic rings. The van der Waals surface area contributed by atoms with Gasteiger partial charge in [0.2, 0.25) is 0 Å². The van der Waals surface area contributed by atoms with Gasteiger partial charge in [-0.15, -0.1) is 0 Å². The van der Waals surface area contributed by atoms with Crippen LogP contribution in [-0.4, -0.2) is 39.5 Å². The molecular formula is C30H25N3O5. The second kappa shape index (κ2) is 8.02. The molecular weight excluding hydrogens is 482 g/mol. The van der Waals surface area contributed by atoms with Gasteiger partial charge < -0.3 is 0 Å². The molecule has 2 heterocycles. The third-order valence-corrected chi connectivity index (χ3v) is 8.05. The molecule has 0 aromatic heterocycles. The van der Waals surface area contributed by atoms with Crippen molar-refractivity contribution < 1.29 is 19.3 Å². The van der Waals surface area contributed by atoms with E-state index in [2.05, 4.69) is 0 Å². The number of nitro groups is 1. The zero-order valence-electron chi connectivity index (χ0n) is 21.1. The first kappa shape index (κ1) is 23.9. The molecule has 8 heteroatoms. The van der Waals surface area contributed by atoms with E-state index in [1.54, 1.807) is 68.4 Å². The minimum atomic E-state index is -1.68. The SMILES string of the molecule is CC(C)(C)C(=O)[C@@H]1[C@@H](c2ccc([N+](=O)[O-])cc2)C2(C(=O)c3ccccc3C2=O)C2c3ccccc3C=NN21. The molecule has 38 heavy (non-hydrogen) atoms. The molecule has 2 aliphatic heterocycles. The highest BCUT2D eigenvalue weighted by atomic mass is 16.6. The van der Waals surface area contributed by atoms with E-state index in [4.69, 9.17) is 5.10 Å². The van der Waals surface area contributed by atoms with Gasteiger partial charge in [0.1, 0.15) is 11.5 Å². The van der Waals surface area contributed by atoms with Crippen molar-refractivity contribution in [3.05, 3.63) is 111 Å². The molecule has 6 rings (SSSR count). The van der Waals surface area contributed by atoms with Crippen LogP contribution in [0.3, 0.4) is 0 Å². The lowest BCUT2D eigenvalue weighted by Crippen LogP contribution is -2.45. The fraction of sp³-hybridized carbons (Fsp3) is 0.267. The van der Waals surface area contributed by atoms with Crippen LogP contribution in [0, 0.1) is 20.9 Å². The summed E-state index contributed by atoms with van der Waals surface area (Å²) in [4.78, 5) is 54.2. The van der Waals surface area contributed by atoms with E-state index in [-0.39, 0.29) is 23.0 Å². The van der Waals surface area contributed by atoms with Gasteiger partial charge in [-0.1, -0.05) is 81.4 Å². The van der Waals surface area contributed by atoms with Gasteiger partial charge in [-0.2, -0.15) is 5.10 Å². The van der Waals surface area contributed by atoms with Crippen molar-refractivity contribution in [1.29, 1.82) is 0 Å². The number of benzene rings is 3. The number of carbonyl (C=O) groups is 3. The van der Waals surface area contributed by atoms with Gasteiger partial charge in [-0.25, -0.2) is 0 Å². The average molecular weight is 508 g/mol. The Kier molecular flexibility index (Phi) is 5.04. The monoisotopic (exact) mass is 507 g/mol. The fourth-order valence-electron chi connectivity index (χ4n) is 6.40. The molecule has 3 atom stereocenters. The van der Waals surface area contributed by atoms with Gasteiger partial charge in [-0.05, 0) is 16.7 Å². The number of hydrazone groups is 1. The van der Waals surface area contributed by atoms with E-state index in [0.29, 0.717) is 16.7 Å². The van der Waals surface area contributed by atoms with E-state index >= 15 is 0 Å². The summed E-state index contributed by atoms with van der Waals surface area (Å²) in [6.07, 6.45) is 1.66. The number of fused-ring (bicyclic) bond motifs is 5. The molecule has 3 aromatic rings. The number of nitrogens with zero attached hydrogens (tertiary/aromatic N) is 3. The Balaban J connectivity index is 1.69. The van der Waals surface area contributed by atoms with Crippen molar-refractivity contribution in [2.45, 2.75) is 38.8 Å². The zero-order valence-corrected chi connectivity index (χ0v) is 21.1. The molecule has 0 radical (unpaired) electrons. The van der Waals surface area contributed by atoms with Crippen LogP contribution in [0.4, 0.5) is 5.69 Å². The van der Waals surface area contributed by atoms with Crippen LogP contribution in [0.2, 0.25) is 0 Å². The smallest absolute Gasteiger partial charge is 0.269 e. The quantitative estimate of drug-likeness (QED) is 0.276. The zero-order chi connectivity index (χ0) is 27.0. The van der Waals surface area contributed by atoms with Crippen LogP contribution >= 0.6 is 0 Å². The molecule has 0 N–H and O–H groups in total. The van der Waals surface area contributed by atoms with Crippen molar-refractivity contribution >= 4 is 29.3 Å². The fourth-order valence-corrected chi connectivity index (χ4v) is 6.40. The maximum absolute atomic E-state index is 14.6. The highest BCUT2D eigenvalue weighted by Gasteiger charge is 2.73. The van der Waals surface area contributed by atoms with Gasteiger partial charge in [-0.3, -0.25) is 29.5 Å². The van der Waals surface area contributed by atoms with Gasteiger partial charge in [0.05, 0.1) is 17.2 Å². The van der Waals surface area contributed by atoms with E-state index in [1.165, 1.54) is 12.1 Å². The first-order valence-electron chi connectivity index (χ1n) is 12.5. The molecule has 1 saturated heterocycles. The number of hydrogen-bond donors (Lipinski definition) is 0. The first-order chi connectivity index (χ1) is 18.1. The maximum atomic E-state index is 14.6. The summed E-state index contributed by atoms with van der Waals surface area (Å²) in [5.74, 6) is -1.80. The van der Waals surface area contributed by atoms with Crippen molar-refractivity contribution in [3.63, 3.8) is 0 Å². The number of carbonyl (C=O) groups excluding carboxylic acids is 3. The topological polar surface area (TPSA) is 110 Å². The summed E-state index contributed by atoms with van der Waals surface area (Å²) in [6.45, 7) is 5.41. The van der Waals surface area contributed by atoms with E-state index in [1.807, 2.05) is 24.3 Å². The highest BCUT2D eigenvalue weighted by molar-refractivity contribution is 6.31. The first-order valence-corrected chi connectivity index (χ1v) is 12.5. The number of ketones is 3. The number of rotatable bonds is 3. The van der Waals surface area contributed by atoms with Gasteiger partial charge in [0, 0.05) is 34.6 Å². The normalized spacial score (nSPS) is 22.8.